The van der Waals surface area contributed by atoms with E-state index in [9.17, 15) is 9.90 Å². The van der Waals surface area contributed by atoms with E-state index >= 15 is 0 Å². The van der Waals surface area contributed by atoms with E-state index in [1.807, 2.05) is 32.0 Å². The van der Waals surface area contributed by atoms with Gasteiger partial charge in [0.15, 0.2) is 0 Å². The fourth-order valence-corrected chi connectivity index (χ4v) is 2.24. The summed E-state index contributed by atoms with van der Waals surface area (Å²) in [5.41, 5.74) is 2.11. The van der Waals surface area contributed by atoms with Gasteiger partial charge in [0.1, 0.15) is 0 Å². The van der Waals surface area contributed by atoms with Gasteiger partial charge in [-0.25, -0.2) is 0 Å². The van der Waals surface area contributed by atoms with E-state index in [0.717, 1.165) is 28.4 Å². The molecule has 0 aliphatic heterocycles. The number of aliphatic hydroxyl groups excluding tert-OH is 1. The summed E-state index contributed by atoms with van der Waals surface area (Å²) in [5.74, 6) is -0.0458. The molecule has 0 aromatic heterocycles. The van der Waals surface area contributed by atoms with Crippen LogP contribution in [0.3, 0.4) is 0 Å². The molecule has 0 saturated heterocycles. The summed E-state index contributed by atoms with van der Waals surface area (Å²) >= 11 is 3.40. The Morgan fingerprint density at radius 1 is 1.50 bits per heavy atom. The summed E-state index contributed by atoms with van der Waals surface area (Å²) in [4.78, 5) is 11.7. The number of aryl methyl sites for hydroxylation is 1. The van der Waals surface area contributed by atoms with Crippen LogP contribution in [0.4, 0.5) is 0 Å². The smallest absolute Gasteiger partial charge is 0.224 e. The maximum Gasteiger partial charge on any atom is 0.224 e. The topological polar surface area (TPSA) is 49.3 Å². The SMILES string of the molecule is CCCC(O)CNC(=O)Cc1ccc(Br)cc1C. The minimum absolute atomic E-state index is 0.0458. The third-order valence-corrected chi connectivity index (χ3v) is 3.31. The summed E-state index contributed by atoms with van der Waals surface area (Å²) in [7, 11) is 0. The molecule has 1 aromatic rings. The number of aliphatic hydroxyl groups is 1. The Hall–Kier alpha value is -0.870. The number of benzene rings is 1. The predicted molar refractivity (Wildman–Crippen MR) is 76.5 cm³/mol. The van der Waals surface area contributed by atoms with Crippen molar-refractivity contribution in [3.63, 3.8) is 0 Å². The summed E-state index contributed by atoms with van der Waals surface area (Å²) < 4.78 is 1.02. The molecular formula is C14H20BrNO2. The third kappa shape index (κ3) is 5.19. The van der Waals surface area contributed by atoms with E-state index in [1.165, 1.54) is 0 Å². The van der Waals surface area contributed by atoms with Gasteiger partial charge in [-0.1, -0.05) is 35.3 Å². The molecule has 1 aromatic carbocycles. The standard InChI is InChI=1S/C14H20BrNO2/c1-3-4-13(17)9-16-14(18)8-11-5-6-12(15)7-10(11)2/h5-7,13,17H,3-4,8-9H2,1-2H3,(H,16,18). The highest BCUT2D eigenvalue weighted by atomic mass is 79.9. The zero-order chi connectivity index (χ0) is 13.5. The van der Waals surface area contributed by atoms with Gasteiger partial charge in [-0.2, -0.15) is 0 Å². The van der Waals surface area contributed by atoms with Gasteiger partial charge in [0.05, 0.1) is 12.5 Å². The number of hydrogen-bond acceptors (Lipinski definition) is 2. The Morgan fingerprint density at radius 3 is 2.83 bits per heavy atom. The monoisotopic (exact) mass is 313 g/mol. The van der Waals surface area contributed by atoms with Crippen molar-refractivity contribution in [3.05, 3.63) is 33.8 Å². The summed E-state index contributed by atoms with van der Waals surface area (Å²) in [6.07, 6.45) is 1.56. The maximum atomic E-state index is 11.7. The van der Waals surface area contributed by atoms with E-state index < -0.39 is 6.10 Å². The second-order valence-corrected chi connectivity index (χ2v) is 5.41. The van der Waals surface area contributed by atoms with Crippen LogP contribution < -0.4 is 5.32 Å². The van der Waals surface area contributed by atoms with Gasteiger partial charge < -0.3 is 10.4 Å². The van der Waals surface area contributed by atoms with Gasteiger partial charge in [-0.15, -0.1) is 0 Å². The molecule has 18 heavy (non-hydrogen) atoms. The molecule has 0 saturated carbocycles. The number of carbonyl (C=O) groups is 1. The van der Waals surface area contributed by atoms with Crippen LogP contribution in [0.15, 0.2) is 22.7 Å². The molecular weight excluding hydrogens is 294 g/mol. The van der Waals surface area contributed by atoms with Crippen molar-refractivity contribution in [1.82, 2.24) is 5.32 Å². The minimum Gasteiger partial charge on any atom is -0.391 e. The van der Waals surface area contributed by atoms with Crippen molar-refractivity contribution in [3.8, 4) is 0 Å². The second-order valence-electron chi connectivity index (χ2n) is 4.49. The molecule has 1 atom stereocenters. The van der Waals surface area contributed by atoms with Crippen molar-refractivity contribution >= 4 is 21.8 Å². The second kappa shape index (κ2) is 7.54. The highest BCUT2D eigenvalue weighted by Crippen LogP contribution is 2.16. The lowest BCUT2D eigenvalue weighted by Gasteiger charge is -2.11. The van der Waals surface area contributed by atoms with Crippen molar-refractivity contribution in [2.24, 2.45) is 0 Å². The van der Waals surface area contributed by atoms with Gasteiger partial charge in [-0.3, -0.25) is 4.79 Å². The number of rotatable bonds is 6. The van der Waals surface area contributed by atoms with Crippen molar-refractivity contribution < 1.29 is 9.90 Å². The summed E-state index contributed by atoms with van der Waals surface area (Å²) in [5, 5.41) is 12.3. The van der Waals surface area contributed by atoms with E-state index in [-0.39, 0.29) is 5.91 Å². The fraction of sp³-hybridized carbons (Fsp3) is 0.500. The Kier molecular flexibility index (Phi) is 6.36. The first-order chi connectivity index (χ1) is 8.52. The van der Waals surface area contributed by atoms with Crippen LogP contribution in [0.25, 0.3) is 0 Å². The van der Waals surface area contributed by atoms with Crippen LogP contribution >= 0.6 is 15.9 Å². The Balaban J connectivity index is 2.44. The lowest BCUT2D eigenvalue weighted by Crippen LogP contribution is -2.33. The van der Waals surface area contributed by atoms with Crippen LogP contribution in [0.2, 0.25) is 0 Å². The molecule has 0 spiro atoms. The van der Waals surface area contributed by atoms with Crippen LogP contribution in [0, 0.1) is 6.92 Å². The van der Waals surface area contributed by atoms with Crippen molar-refractivity contribution in [2.75, 3.05) is 6.54 Å². The average Bonchev–Trinajstić information content (AvgIpc) is 2.31. The number of amides is 1. The van der Waals surface area contributed by atoms with Crippen LogP contribution in [-0.4, -0.2) is 23.7 Å². The molecule has 1 amide bonds. The van der Waals surface area contributed by atoms with Crippen molar-refractivity contribution in [1.29, 1.82) is 0 Å². The molecule has 0 fully saturated rings. The molecule has 4 heteroatoms. The molecule has 0 bridgehead atoms. The quantitative estimate of drug-likeness (QED) is 0.848. The maximum absolute atomic E-state index is 11.7. The average molecular weight is 314 g/mol. The van der Waals surface area contributed by atoms with Gasteiger partial charge >= 0.3 is 0 Å². The number of carbonyl (C=O) groups excluding carboxylic acids is 1. The van der Waals surface area contributed by atoms with Crippen molar-refractivity contribution in [2.45, 2.75) is 39.2 Å². The first kappa shape index (κ1) is 15.2. The van der Waals surface area contributed by atoms with E-state index in [4.69, 9.17) is 0 Å². The van der Waals surface area contributed by atoms with Crippen LogP contribution in [0.5, 0.6) is 0 Å². The zero-order valence-corrected chi connectivity index (χ0v) is 12.5. The molecule has 0 aliphatic carbocycles. The Labute approximate surface area is 117 Å². The highest BCUT2D eigenvalue weighted by Gasteiger charge is 2.08. The minimum atomic E-state index is -0.440. The van der Waals surface area contributed by atoms with Crippen LogP contribution in [-0.2, 0) is 11.2 Å². The lowest BCUT2D eigenvalue weighted by atomic mass is 10.1. The zero-order valence-electron chi connectivity index (χ0n) is 10.9. The van der Waals surface area contributed by atoms with E-state index in [2.05, 4.69) is 21.2 Å². The molecule has 2 N–H and O–H groups in total. The number of halogens is 1. The van der Waals surface area contributed by atoms with Gasteiger partial charge in [0, 0.05) is 11.0 Å². The first-order valence-electron chi connectivity index (χ1n) is 6.22. The Morgan fingerprint density at radius 2 is 2.22 bits per heavy atom. The predicted octanol–water partition coefficient (Wildman–Crippen LogP) is 2.58. The molecule has 0 radical (unpaired) electrons. The van der Waals surface area contributed by atoms with E-state index in [0.29, 0.717) is 13.0 Å². The molecule has 3 nitrogen and oxygen atoms in total. The lowest BCUT2D eigenvalue weighted by molar-refractivity contribution is -0.120. The largest absolute Gasteiger partial charge is 0.391 e. The molecule has 1 rings (SSSR count). The number of hydrogen-bond donors (Lipinski definition) is 2. The van der Waals surface area contributed by atoms with Gasteiger partial charge in [-0.05, 0) is 36.6 Å². The third-order valence-electron chi connectivity index (χ3n) is 2.81. The van der Waals surface area contributed by atoms with E-state index in [1.54, 1.807) is 0 Å². The first-order valence-corrected chi connectivity index (χ1v) is 7.02. The highest BCUT2D eigenvalue weighted by molar-refractivity contribution is 9.10. The molecule has 1 unspecified atom stereocenters. The van der Waals surface area contributed by atoms with Gasteiger partial charge in [0.25, 0.3) is 0 Å². The molecule has 0 heterocycles. The van der Waals surface area contributed by atoms with Crippen LogP contribution in [0.1, 0.15) is 30.9 Å². The summed E-state index contributed by atoms with van der Waals surface area (Å²) in [6, 6.07) is 5.87. The molecule has 100 valence electrons. The molecule has 0 aliphatic rings. The fourth-order valence-electron chi connectivity index (χ4n) is 1.76. The summed E-state index contributed by atoms with van der Waals surface area (Å²) in [6.45, 7) is 4.33. The Bertz CT molecular complexity index is 407. The normalized spacial score (nSPS) is 12.2. The number of nitrogens with one attached hydrogen (secondary N) is 1. The van der Waals surface area contributed by atoms with Gasteiger partial charge in [0.2, 0.25) is 5.91 Å².